The Labute approximate surface area is 145 Å². The lowest BCUT2D eigenvalue weighted by molar-refractivity contribution is -0.122. The van der Waals surface area contributed by atoms with Crippen LogP contribution in [-0.2, 0) is 16.6 Å². The molecule has 1 aliphatic heterocycles. The van der Waals surface area contributed by atoms with Gasteiger partial charge in [-0.3, -0.25) is 14.9 Å². The molecule has 1 aromatic heterocycles. The summed E-state index contributed by atoms with van der Waals surface area (Å²) in [6.07, 6.45) is 3.31. The summed E-state index contributed by atoms with van der Waals surface area (Å²) in [5.41, 5.74) is 3.78. The zero-order chi connectivity index (χ0) is 18.3. The van der Waals surface area contributed by atoms with E-state index in [1.165, 1.54) is 6.08 Å². The number of nitrogens with one attached hydrogen (secondary N) is 1. The average Bonchev–Trinajstić information content (AvgIpc) is 2.91. The molecule has 0 atom stereocenters. The highest BCUT2D eigenvalue weighted by Gasteiger charge is 2.38. The molecule has 6 heteroatoms. The van der Waals surface area contributed by atoms with Gasteiger partial charge in [0.1, 0.15) is 5.57 Å². The second-order valence-electron chi connectivity index (χ2n) is 6.25. The molecule has 4 amide bonds. The van der Waals surface area contributed by atoms with Gasteiger partial charge in [0.05, 0.1) is 5.69 Å². The quantitative estimate of drug-likeness (QED) is 0.676. The van der Waals surface area contributed by atoms with Gasteiger partial charge in [0.15, 0.2) is 0 Å². The van der Waals surface area contributed by atoms with Crippen LogP contribution < -0.4 is 10.2 Å². The number of carbonyl (C=O) groups excluding carboxylic acids is 3. The van der Waals surface area contributed by atoms with E-state index in [4.69, 9.17) is 0 Å². The van der Waals surface area contributed by atoms with Crippen LogP contribution in [0.2, 0.25) is 0 Å². The van der Waals surface area contributed by atoms with Crippen molar-refractivity contribution >= 4 is 29.6 Å². The molecule has 0 bridgehead atoms. The van der Waals surface area contributed by atoms with Gasteiger partial charge in [0.2, 0.25) is 0 Å². The monoisotopic (exact) mass is 337 g/mol. The Kier molecular flexibility index (Phi) is 4.04. The van der Waals surface area contributed by atoms with Gasteiger partial charge in [-0.15, -0.1) is 0 Å². The molecule has 2 heterocycles. The first-order valence-electron chi connectivity index (χ1n) is 7.90. The molecule has 0 spiro atoms. The van der Waals surface area contributed by atoms with Crippen molar-refractivity contribution in [3.63, 3.8) is 0 Å². The number of rotatable bonds is 2. The number of aryl methyl sites for hydroxylation is 4. The molecule has 3 rings (SSSR count). The Bertz CT molecular complexity index is 914. The summed E-state index contributed by atoms with van der Waals surface area (Å²) < 4.78 is 1.79. The number of carbonyl (C=O) groups is 3. The Balaban J connectivity index is 2.11. The molecular weight excluding hydrogens is 318 g/mol. The van der Waals surface area contributed by atoms with E-state index >= 15 is 0 Å². The topological polar surface area (TPSA) is 71.4 Å². The van der Waals surface area contributed by atoms with Crippen LogP contribution in [0.15, 0.2) is 36.0 Å². The highest BCUT2D eigenvalue weighted by molar-refractivity contribution is 6.39. The Morgan fingerprint density at radius 1 is 1.04 bits per heavy atom. The van der Waals surface area contributed by atoms with Crippen molar-refractivity contribution in [3.05, 3.63) is 58.4 Å². The summed E-state index contributed by atoms with van der Waals surface area (Å²) in [4.78, 5) is 38.5. The number of amides is 4. The molecule has 1 aromatic carbocycles. The standard InChI is InChI=1S/C19H19N3O3/c1-11-8-12(2)16(13(3)9-11)22-18(24)15(17(23)20-19(22)25)10-14-6-5-7-21(14)4/h5-10H,1-4H3,(H,20,23,25)/b15-10+. The molecule has 2 aromatic rings. The molecule has 1 N–H and O–H groups in total. The van der Waals surface area contributed by atoms with Crippen molar-refractivity contribution in [2.75, 3.05) is 4.90 Å². The lowest BCUT2D eigenvalue weighted by Gasteiger charge is -2.29. The van der Waals surface area contributed by atoms with E-state index in [0.717, 1.165) is 21.6 Å². The van der Waals surface area contributed by atoms with Crippen LogP contribution in [0.5, 0.6) is 0 Å². The maximum Gasteiger partial charge on any atom is 0.335 e. The van der Waals surface area contributed by atoms with Crippen LogP contribution in [0.3, 0.4) is 0 Å². The number of anilines is 1. The molecule has 0 saturated carbocycles. The van der Waals surface area contributed by atoms with E-state index in [-0.39, 0.29) is 5.57 Å². The lowest BCUT2D eigenvalue weighted by Crippen LogP contribution is -2.54. The second-order valence-corrected chi connectivity index (χ2v) is 6.25. The first kappa shape index (κ1) is 16.7. The summed E-state index contributed by atoms with van der Waals surface area (Å²) in [7, 11) is 1.81. The summed E-state index contributed by atoms with van der Waals surface area (Å²) >= 11 is 0. The van der Waals surface area contributed by atoms with Gasteiger partial charge >= 0.3 is 6.03 Å². The third kappa shape index (κ3) is 2.87. The maximum atomic E-state index is 12.9. The van der Waals surface area contributed by atoms with Crippen LogP contribution in [0.4, 0.5) is 10.5 Å². The summed E-state index contributed by atoms with van der Waals surface area (Å²) in [5.74, 6) is -1.31. The van der Waals surface area contributed by atoms with Crippen molar-refractivity contribution in [3.8, 4) is 0 Å². The molecule has 1 aliphatic rings. The number of benzene rings is 1. The largest absolute Gasteiger partial charge is 0.351 e. The molecule has 25 heavy (non-hydrogen) atoms. The van der Waals surface area contributed by atoms with Gasteiger partial charge in [-0.25, -0.2) is 9.69 Å². The molecule has 6 nitrogen and oxygen atoms in total. The van der Waals surface area contributed by atoms with Gasteiger partial charge in [-0.2, -0.15) is 0 Å². The smallest absolute Gasteiger partial charge is 0.335 e. The third-order valence-electron chi connectivity index (χ3n) is 4.24. The third-order valence-corrected chi connectivity index (χ3v) is 4.24. The molecular formula is C19H19N3O3. The van der Waals surface area contributed by atoms with Crippen LogP contribution >= 0.6 is 0 Å². The minimum Gasteiger partial charge on any atom is -0.351 e. The summed E-state index contributed by atoms with van der Waals surface area (Å²) in [6, 6.07) is 6.68. The Morgan fingerprint density at radius 3 is 2.24 bits per heavy atom. The molecule has 1 fully saturated rings. The van der Waals surface area contributed by atoms with E-state index in [2.05, 4.69) is 5.32 Å². The van der Waals surface area contributed by atoms with Crippen LogP contribution in [-0.4, -0.2) is 22.4 Å². The molecule has 128 valence electrons. The highest BCUT2D eigenvalue weighted by atomic mass is 16.2. The molecule has 0 unspecified atom stereocenters. The van der Waals surface area contributed by atoms with Gasteiger partial charge in [0, 0.05) is 18.9 Å². The number of imide groups is 2. The zero-order valence-electron chi connectivity index (χ0n) is 14.6. The van der Waals surface area contributed by atoms with E-state index in [1.807, 2.05) is 52.2 Å². The van der Waals surface area contributed by atoms with Gasteiger partial charge < -0.3 is 4.57 Å². The second kappa shape index (κ2) is 6.05. The fourth-order valence-electron chi connectivity index (χ4n) is 3.16. The van der Waals surface area contributed by atoms with Gasteiger partial charge in [0.25, 0.3) is 11.8 Å². The van der Waals surface area contributed by atoms with Crippen molar-refractivity contribution < 1.29 is 14.4 Å². The minimum atomic E-state index is -0.728. The number of aromatic nitrogens is 1. The van der Waals surface area contributed by atoms with Crippen molar-refractivity contribution in [2.24, 2.45) is 7.05 Å². The lowest BCUT2D eigenvalue weighted by atomic mass is 10.0. The van der Waals surface area contributed by atoms with Crippen LogP contribution in [0.1, 0.15) is 22.4 Å². The summed E-state index contributed by atoms with van der Waals surface area (Å²) in [6.45, 7) is 5.63. The first-order valence-corrected chi connectivity index (χ1v) is 7.90. The number of nitrogens with zero attached hydrogens (tertiary/aromatic N) is 2. The normalized spacial score (nSPS) is 16.6. The van der Waals surface area contributed by atoms with Crippen LogP contribution in [0.25, 0.3) is 6.08 Å². The van der Waals surface area contributed by atoms with E-state index < -0.39 is 17.8 Å². The van der Waals surface area contributed by atoms with Crippen molar-refractivity contribution in [1.29, 1.82) is 0 Å². The summed E-state index contributed by atoms with van der Waals surface area (Å²) in [5, 5.41) is 2.26. The average molecular weight is 337 g/mol. The van der Waals surface area contributed by atoms with Gasteiger partial charge in [-0.1, -0.05) is 17.7 Å². The SMILES string of the molecule is Cc1cc(C)c(N2C(=O)NC(=O)/C(=C\c3cccn3C)C2=O)c(C)c1. The number of hydrogen-bond acceptors (Lipinski definition) is 3. The molecule has 1 saturated heterocycles. The van der Waals surface area contributed by atoms with Crippen molar-refractivity contribution in [1.82, 2.24) is 9.88 Å². The first-order chi connectivity index (χ1) is 11.8. The van der Waals surface area contributed by atoms with Crippen molar-refractivity contribution in [2.45, 2.75) is 20.8 Å². The fraction of sp³-hybridized carbons (Fsp3) is 0.211. The Hall–Kier alpha value is -3.15. The minimum absolute atomic E-state index is 0.0687. The number of hydrogen-bond donors (Lipinski definition) is 1. The fourth-order valence-corrected chi connectivity index (χ4v) is 3.16. The van der Waals surface area contributed by atoms with E-state index in [0.29, 0.717) is 11.4 Å². The van der Waals surface area contributed by atoms with Crippen LogP contribution in [0, 0.1) is 20.8 Å². The predicted octanol–water partition coefficient (Wildman–Crippen LogP) is 2.62. The predicted molar refractivity (Wildman–Crippen MR) is 95.1 cm³/mol. The molecule has 0 radical (unpaired) electrons. The van der Waals surface area contributed by atoms with Gasteiger partial charge in [-0.05, 0) is 50.1 Å². The Morgan fingerprint density at radius 2 is 1.68 bits per heavy atom. The zero-order valence-corrected chi connectivity index (χ0v) is 14.6. The highest BCUT2D eigenvalue weighted by Crippen LogP contribution is 2.29. The van der Waals surface area contributed by atoms with E-state index in [9.17, 15) is 14.4 Å². The number of barbiturate groups is 1. The molecule has 0 aliphatic carbocycles. The van der Waals surface area contributed by atoms with E-state index in [1.54, 1.807) is 10.6 Å². The maximum absolute atomic E-state index is 12.9. The number of urea groups is 1.